The molecule has 0 radical (unpaired) electrons. The first kappa shape index (κ1) is 11.0. The summed E-state index contributed by atoms with van der Waals surface area (Å²) < 4.78 is 5.44. The van der Waals surface area contributed by atoms with E-state index in [1.807, 2.05) is 19.1 Å². The van der Waals surface area contributed by atoms with E-state index in [9.17, 15) is 4.79 Å². The van der Waals surface area contributed by atoms with Gasteiger partial charge in [-0.2, -0.15) is 0 Å². The number of anilines is 1. The van der Waals surface area contributed by atoms with Crippen molar-refractivity contribution in [2.75, 3.05) is 24.6 Å². The second kappa shape index (κ2) is 4.53. The number of hydrogen-bond acceptors (Lipinski definition) is 3. The van der Waals surface area contributed by atoms with E-state index < -0.39 is 5.97 Å². The minimum atomic E-state index is -0.880. The smallest absolute Gasteiger partial charge is 0.337 e. The van der Waals surface area contributed by atoms with Crippen LogP contribution in [-0.4, -0.2) is 36.9 Å². The number of rotatable bonds is 2. The average Bonchev–Trinajstić information content (AvgIpc) is 2.29. The van der Waals surface area contributed by atoms with Crippen LogP contribution in [0, 0.1) is 0 Å². The maximum absolute atomic E-state index is 11.1. The summed E-state index contributed by atoms with van der Waals surface area (Å²) in [5, 5.41) is 9.10. The summed E-state index contributed by atoms with van der Waals surface area (Å²) in [6.45, 7) is 4.13. The molecular formula is C12H15NO3. The number of para-hydroxylation sites is 1. The topological polar surface area (TPSA) is 49.8 Å². The van der Waals surface area contributed by atoms with E-state index in [1.54, 1.807) is 12.1 Å². The van der Waals surface area contributed by atoms with Gasteiger partial charge in [-0.15, -0.1) is 0 Å². The molecule has 0 amide bonds. The highest BCUT2D eigenvalue weighted by Gasteiger charge is 2.20. The Morgan fingerprint density at radius 3 is 2.94 bits per heavy atom. The Labute approximate surface area is 94.4 Å². The van der Waals surface area contributed by atoms with Crippen LogP contribution in [0.2, 0.25) is 0 Å². The zero-order valence-corrected chi connectivity index (χ0v) is 9.22. The summed E-state index contributed by atoms with van der Waals surface area (Å²) in [6.07, 6.45) is 0.149. The first-order chi connectivity index (χ1) is 7.68. The highest BCUT2D eigenvalue weighted by atomic mass is 16.5. The molecule has 1 aliphatic rings. The second-order valence-electron chi connectivity index (χ2n) is 3.95. The number of benzene rings is 1. The molecule has 0 aliphatic carbocycles. The lowest BCUT2D eigenvalue weighted by molar-refractivity contribution is 0.0528. The van der Waals surface area contributed by atoms with Crippen LogP contribution in [0.15, 0.2) is 24.3 Å². The quantitative estimate of drug-likeness (QED) is 0.824. The van der Waals surface area contributed by atoms with Crippen molar-refractivity contribution in [2.45, 2.75) is 13.0 Å². The molecule has 1 unspecified atom stereocenters. The molecular weight excluding hydrogens is 206 g/mol. The van der Waals surface area contributed by atoms with Crippen molar-refractivity contribution in [3.05, 3.63) is 29.8 Å². The van der Waals surface area contributed by atoms with E-state index in [4.69, 9.17) is 9.84 Å². The maximum Gasteiger partial charge on any atom is 0.337 e. The van der Waals surface area contributed by atoms with Crippen molar-refractivity contribution >= 4 is 11.7 Å². The van der Waals surface area contributed by atoms with E-state index in [-0.39, 0.29) is 6.10 Å². The van der Waals surface area contributed by atoms with Crippen molar-refractivity contribution in [1.82, 2.24) is 0 Å². The van der Waals surface area contributed by atoms with E-state index in [1.165, 1.54) is 0 Å². The van der Waals surface area contributed by atoms with E-state index in [0.29, 0.717) is 12.2 Å². The average molecular weight is 221 g/mol. The molecule has 1 heterocycles. The minimum Gasteiger partial charge on any atom is -0.478 e. The molecule has 16 heavy (non-hydrogen) atoms. The SMILES string of the molecule is CC1CN(c2ccccc2C(=O)O)CCO1. The Kier molecular flexibility index (Phi) is 3.10. The van der Waals surface area contributed by atoms with Crippen LogP contribution < -0.4 is 4.90 Å². The lowest BCUT2D eigenvalue weighted by Gasteiger charge is -2.33. The van der Waals surface area contributed by atoms with Crippen molar-refractivity contribution in [3.63, 3.8) is 0 Å². The molecule has 2 rings (SSSR count). The zero-order valence-electron chi connectivity index (χ0n) is 9.22. The van der Waals surface area contributed by atoms with Crippen LogP contribution in [-0.2, 0) is 4.74 Å². The molecule has 0 aromatic heterocycles. The van der Waals surface area contributed by atoms with Gasteiger partial charge in [0.25, 0.3) is 0 Å². The predicted molar refractivity (Wildman–Crippen MR) is 61.0 cm³/mol. The van der Waals surface area contributed by atoms with E-state index in [2.05, 4.69) is 4.90 Å². The largest absolute Gasteiger partial charge is 0.478 e. The molecule has 1 fully saturated rings. The number of morpholine rings is 1. The Hall–Kier alpha value is -1.55. The molecule has 1 N–H and O–H groups in total. The fourth-order valence-electron chi connectivity index (χ4n) is 1.97. The minimum absolute atomic E-state index is 0.149. The number of nitrogens with zero attached hydrogens (tertiary/aromatic N) is 1. The Morgan fingerprint density at radius 1 is 1.50 bits per heavy atom. The van der Waals surface area contributed by atoms with Crippen LogP contribution >= 0.6 is 0 Å². The van der Waals surface area contributed by atoms with Crippen LogP contribution in [0.4, 0.5) is 5.69 Å². The Balaban J connectivity index is 2.28. The molecule has 1 atom stereocenters. The third-order valence-electron chi connectivity index (χ3n) is 2.72. The molecule has 1 saturated heterocycles. The summed E-state index contributed by atoms with van der Waals surface area (Å²) in [4.78, 5) is 13.2. The van der Waals surface area contributed by atoms with Gasteiger partial charge in [0, 0.05) is 13.1 Å². The standard InChI is InChI=1S/C12H15NO3/c1-9-8-13(6-7-16-9)11-5-3-2-4-10(11)12(14)15/h2-5,9H,6-8H2,1H3,(H,14,15). The molecule has 4 heteroatoms. The fraction of sp³-hybridized carbons (Fsp3) is 0.417. The van der Waals surface area contributed by atoms with Gasteiger partial charge in [0.05, 0.1) is 24.0 Å². The first-order valence-corrected chi connectivity index (χ1v) is 5.37. The lowest BCUT2D eigenvalue weighted by atomic mass is 10.1. The van der Waals surface area contributed by atoms with Gasteiger partial charge in [0.15, 0.2) is 0 Å². The molecule has 0 spiro atoms. The summed E-state index contributed by atoms with van der Waals surface area (Å²) in [5.41, 5.74) is 1.14. The number of carbonyl (C=O) groups is 1. The Morgan fingerprint density at radius 2 is 2.25 bits per heavy atom. The molecule has 86 valence electrons. The summed E-state index contributed by atoms with van der Waals surface area (Å²) >= 11 is 0. The van der Waals surface area contributed by atoms with Gasteiger partial charge >= 0.3 is 5.97 Å². The van der Waals surface area contributed by atoms with Crippen molar-refractivity contribution in [3.8, 4) is 0 Å². The van der Waals surface area contributed by atoms with Crippen LogP contribution in [0.5, 0.6) is 0 Å². The molecule has 0 saturated carbocycles. The van der Waals surface area contributed by atoms with Gasteiger partial charge < -0.3 is 14.7 Å². The number of carboxylic acids is 1. The van der Waals surface area contributed by atoms with Crippen LogP contribution in [0.25, 0.3) is 0 Å². The van der Waals surface area contributed by atoms with Gasteiger partial charge in [-0.05, 0) is 19.1 Å². The molecule has 4 nitrogen and oxygen atoms in total. The normalized spacial score (nSPS) is 20.8. The zero-order chi connectivity index (χ0) is 11.5. The van der Waals surface area contributed by atoms with Crippen molar-refractivity contribution in [1.29, 1.82) is 0 Å². The van der Waals surface area contributed by atoms with Crippen LogP contribution in [0.1, 0.15) is 17.3 Å². The fourth-order valence-corrected chi connectivity index (χ4v) is 1.97. The van der Waals surface area contributed by atoms with Gasteiger partial charge in [0.2, 0.25) is 0 Å². The summed E-state index contributed by atoms with van der Waals surface area (Å²) in [6, 6.07) is 7.10. The number of aromatic carboxylic acids is 1. The maximum atomic E-state index is 11.1. The molecule has 1 aromatic carbocycles. The number of ether oxygens (including phenoxy) is 1. The van der Waals surface area contributed by atoms with Crippen LogP contribution in [0.3, 0.4) is 0 Å². The first-order valence-electron chi connectivity index (χ1n) is 5.37. The molecule has 1 aliphatic heterocycles. The predicted octanol–water partition coefficient (Wildman–Crippen LogP) is 1.61. The number of carboxylic acid groups (broad SMARTS) is 1. The Bertz CT molecular complexity index is 392. The third kappa shape index (κ3) is 2.17. The highest BCUT2D eigenvalue weighted by molar-refractivity contribution is 5.94. The van der Waals surface area contributed by atoms with Crippen molar-refractivity contribution < 1.29 is 14.6 Å². The van der Waals surface area contributed by atoms with Gasteiger partial charge in [-0.3, -0.25) is 0 Å². The summed E-state index contributed by atoms with van der Waals surface area (Å²) in [5.74, 6) is -0.880. The second-order valence-corrected chi connectivity index (χ2v) is 3.95. The summed E-state index contributed by atoms with van der Waals surface area (Å²) in [7, 11) is 0. The molecule has 0 bridgehead atoms. The monoisotopic (exact) mass is 221 g/mol. The lowest BCUT2D eigenvalue weighted by Crippen LogP contribution is -2.41. The van der Waals surface area contributed by atoms with Crippen molar-refractivity contribution in [2.24, 2.45) is 0 Å². The molecule has 1 aromatic rings. The van der Waals surface area contributed by atoms with Gasteiger partial charge in [0.1, 0.15) is 0 Å². The van der Waals surface area contributed by atoms with E-state index >= 15 is 0 Å². The van der Waals surface area contributed by atoms with Gasteiger partial charge in [-0.25, -0.2) is 4.79 Å². The van der Waals surface area contributed by atoms with Gasteiger partial charge in [-0.1, -0.05) is 12.1 Å². The number of hydrogen-bond donors (Lipinski definition) is 1. The third-order valence-corrected chi connectivity index (χ3v) is 2.72. The highest BCUT2D eigenvalue weighted by Crippen LogP contribution is 2.22. The van der Waals surface area contributed by atoms with E-state index in [0.717, 1.165) is 18.8 Å².